The number of hydrogen-bond donors (Lipinski definition) is 2. The lowest BCUT2D eigenvalue weighted by Crippen LogP contribution is -2.50. The Kier molecular flexibility index (Phi) is 8.90. The summed E-state index contributed by atoms with van der Waals surface area (Å²) in [5, 5.41) is 3.17. The van der Waals surface area contributed by atoms with Crippen molar-refractivity contribution in [2.75, 3.05) is 24.5 Å². The molecule has 2 aromatic carbocycles. The Labute approximate surface area is 255 Å². The molecule has 2 N–H and O–H groups in total. The number of fused-ring (bicyclic) bond motifs is 4. The van der Waals surface area contributed by atoms with Gasteiger partial charge < -0.3 is 9.64 Å². The van der Waals surface area contributed by atoms with Crippen LogP contribution in [-0.2, 0) is 10.0 Å². The summed E-state index contributed by atoms with van der Waals surface area (Å²) < 4.78 is 78.0. The molecule has 1 fully saturated rings. The number of hydrogen-bond acceptors (Lipinski definition) is 7. The number of nitrogens with one attached hydrogen (secondary N) is 2. The van der Waals surface area contributed by atoms with Crippen LogP contribution in [-0.4, -0.2) is 61.2 Å². The second-order valence-corrected chi connectivity index (χ2v) is 13.2. The maximum atomic E-state index is 14.2. The van der Waals surface area contributed by atoms with Crippen LogP contribution < -0.4 is 14.8 Å². The van der Waals surface area contributed by atoms with E-state index in [1.54, 1.807) is 0 Å². The van der Waals surface area contributed by atoms with Crippen molar-refractivity contribution in [1.29, 1.82) is 0 Å². The molecular formula is C31H36F3N5O4S. The molecule has 2 aliphatic rings. The molecule has 1 amide bonds. The second kappa shape index (κ2) is 12.4. The van der Waals surface area contributed by atoms with Gasteiger partial charge in [-0.25, -0.2) is 18.1 Å². The molecule has 13 heteroatoms. The van der Waals surface area contributed by atoms with Gasteiger partial charge in [-0.3, -0.25) is 10.1 Å². The predicted octanol–water partition coefficient (Wildman–Crippen LogP) is 5.84. The highest BCUT2D eigenvalue weighted by Crippen LogP contribution is 2.60. The number of benzene rings is 2. The Balaban J connectivity index is 1.64. The van der Waals surface area contributed by atoms with Gasteiger partial charge in [0.05, 0.1) is 28.7 Å². The number of ether oxygens (including phenoxy) is 1. The third kappa shape index (κ3) is 6.68. The van der Waals surface area contributed by atoms with Crippen molar-refractivity contribution in [3.63, 3.8) is 0 Å². The first-order valence-electron chi connectivity index (χ1n) is 14.6. The molecule has 5 rings (SSSR count). The van der Waals surface area contributed by atoms with E-state index in [4.69, 9.17) is 4.74 Å². The van der Waals surface area contributed by atoms with Crippen LogP contribution in [0.5, 0.6) is 5.88 Å². The largest absolute Gasteiger partial charge is 0.475 e. The fourth-order valence-corrected chi connectivity index (χ4v) is 6.54. The molecule has 9 nitrogen and oxygen atoms in total. The fraction of sp³-hybridized carbons (Fsp3) is 0.452. The number of halogens is 3. The monoisotopic (exact) mass is 631 g/mol. The van der Waals surface area contributed by atoms with Gasteiger partial charge in [-0.2, -0.15) is 18.2 Å². The summed E-state index contributed by atoms with van der Waals surface area (Å²) in [6, 6.07) is 11.6. The Hall–Kier alpha value is -3.71. The summed E-state index contributed by atoms with van der Waals surface area (Å²) in [5.41, 5.74) is 0.977. The van der Waals surface area contributed by atoms with Crippen LogP contribution >= 0.6 is 0 Å². The zero-order valence-corrected chi connectivity index (χ0v) is 25.7. The van der Waals surface area contributed by atoms with E-state index in [0.717, 1.165) is 29.5 Å². The van der Waals surface area contributed by atoms with Gasteiger partial charge in [-0.1, -0.05) is 37.6 Å². The van der Waals surface area contributed by atoms with Crippen molar-refractivity contribution in [2.45, 2.75) is 70.0 Å². The Morgan fingerprint density at radius 2 is 1.80 bits per heavy atom. The molecule has 1 aromatic heterocycles. The van der Waals surface area contributed by atoms with Crippen molar-refractivity contribution >= 4 is 21.9 Å². The minimum absolute atomic E-state index is 0.0233. The number of aryl methyl sites for hydroxylation is 2. The third-order valence-electron chi connectivity index (χ3n) is 8.25. The average molecular weight is 632 g/mol. The second-order valence-electron chi connectivity index (χ2n) is 11.5. The maximum Gasteiger partial charge on any atom is 0.394 e. The number of rotatable bonds is 8. The van der Waals surface area contributed by atoms with Gasteiger partial charge in [-0.05, 0) is 75.4 Å². The van der Waals surface area contributed by atoms with Crippen LogP contribution in [0, 0.1) is 19.3 Å². The van der Waals surface area contributed by atoms with E-state index in [1.807, 2.05) is 39.0 Å². The van der Waals surface area contributed by atoms with Crippen molar-refractivity contribution in [3.05, 3.63) is 65.2 Å². The highest BCUT2D eigenvalue weighted by molar-refractivity contribution is 7.92. The molecule has 1 aliphatic heterocycles. The molecule has 1 atom stereocenters. The summed E-state index contributed by atoms with van der Waals surface area (Å²) in [6.07, 6.45) is -3.20. The lowest BCUT2D eigenvalue weighted by Gasteiger charge is -2.35. The van der Waals surface area contributed by atoms with Crippen molar-refractivity contribution in [2.24, 2.45) is 5.41 Å². The highest BCUT2D eigenvalue weighted by Gasteiger charge is 2.64. The smallest absolute Gasteiger partial charge is 0.394 e. The summed E-state index contributed by atoms with van der Waals surface area (Å²) in [7, 11) is -4.26. The van der Waals surface area contributed by atoms with Crippen LogP contribution in [0.25, 0.3) is 11.3 Å². The number of nitrogens with zero attached hydrogens (tertiary/aromatic N) is 3. The van der Waals surface area contributed by atoms with Crippen LogP contribution in [0.2, 0.25) is 0 Å². The molecule has 44 heavy (non-hydrogen) atoms. The van der Waals surface area contributed by atoms with Gasteiger partial charge in [-0.15, -0.1) is 0 Å². The SMILES string of the molecule is CCCCNCN1C(=O)c2cccc(c2)S(=O)(=O)Nc2nc(cc(-c3c(C)cccc3C)n2)OC[C@H]1CC1(C(F)(F)F)CC1. The molecule has 0 radical (unpaired) electrons. The molecule has 0 spiro atoms. The Morgan fingerprint density at radius 3 is 2.45 bits per heavy atom. The highest BCUT2D eigenvalue weighted by atomic mass is 32.2. The number of carbonyl (C=O) groups excluding carboxylic acids is 1. The minimum Gasteiger partial charge on any atom is -0.475 e. The van der Waals surface area contributed by atoms with Gasteiger partial charge >= 0.3 is 6.18 Å². The fourth-order valence-electron chi connectivity index (χ4n) is 5.55. The third-order valence-corrected chi connectivity index (χ3v) is 9.58. The molecule has 236 valence electrons. The van der Waals surface area contributed by atoms with E-state index in [0.29, 0.717) is 12.2 Å². The van der Waals surface area contributed by atoms with Crippen LogP contribution in [0.15, 0.2) is 53.4 Å². The standard InChI is InChI=1S/C31H36F3N5O4S/c1-4-5-14-35-19-39-23(17-30(12-13-30)31(32,33)34)18-43-26-16-25(27-20(2)8-6-9-21(27)3)36-29(37-26)38-44(41,42)24-11-7-10-22(15-24)28(39)40/h6-11,15-16,23,35H,4-5,12-14,17-19H2,1-3H3,(H,36,37,38)/t23-/m1/s1. The summed E-state index contributed by atoms with van der Waals surface area (Å²) in [5.74, 6) is -0.903. The van der Waals surface area contributed by atoms with E-state index < -0.39 is 33.6 Å². The topological polar surface area (TPSA) is 114 Å². The normalized spacial score (nSPS) is 19.2. The van der Waals surface area contributed by atoms with E-state index in [1.165, 1.54) is 35.2 Å². The zero-order chi connectivity index (χ0) is 31.7. The first-order chi connectivity index (χ1) is 20.8. The van der Waals surface area contributed by atoms with Gasteiger partial charge in [0.2, 0.25) is 11.8 Å². The molecule has 4 bridgehead atoms. The molecular weight excluding hydrogens is 595 g/mol. The van der Waals surface area contributed by atoms with Crippen molar-refractivity contribution < 1.29 is 31.1 Å². The van der Waals surface area contributed by atoms with Crippen LogP contribution in [0.1, 0.15) is 60.5 Å². The number of amides is 1. The van der Waals surface area contributed by atoms with E-state index >= 15 is 0 Å². The average Bonchev–Trinajstić information content (AvgIpc) is 3.76. The van der Waals surface area contributed by atoms with E-state index in [2.05, 4.69) is 20.0 Å². The summed E-state index contributed by atoms with van der Waals surface area (Å²) in [4.78, 5) is 23.8. The number of carbonyl (C=O) groups is 1. The predicted molar refractivity (Wildman–Crippen MR) is 160 cm³/mol. The lowest BCUT2D eigenvalue weighted by atomic mass is 9.95. The Morgan fingerprint density at radius 1 is 1.09 bits per heavy atom. The van der Waals surface area contributed by atoms with E-state index in [-0.39, 0.29) is 54.8 Å². The van der Waals surface area contributed by atoms with Crippen molar-refractivity contribution in [3.8, 4) is 17.1 Å². The maximum absolute atomic E-state index is 14.2. The van der Waals surface area contributed by atoms with Crippen molar-refractivity contribution in [1.82, 2.24) is 20.2 Å². The number of aromatic nitrogens is 2. The first kappa shape index (κ1) is 31.7. The molecule has 1 aliphatic carbocycles. The number of alkyl halides is 3. The number of unbranched alkanes of at least 4 members (excludes halogenated alkanes) is 1. The number of sulfonamides is 1. The Bertz CT molecular complexity index is 1620. The molecule has 3 aromatic rings. The minimum atomic E-state index is -4.45. The lowest BCUT2D eigenvalue weighted by molar-refractivity contribution is -0.192. The molecule has 2 heterocycles. The van der Waals surface area contributed by atoms with E-state index in [9.17, 15) is 26.4 Å². The zero-order valence-electron chi connectivity index (χ0n) is 24.9. The van der Waals surface area contributed by atoms with Crippen LogP contribution in [0.3, 0.4) is 0 Å². The van der Waals surface area contributed by atoms with Gasteiger partial charge in [0, 0.05) is 17.2 Å². The van der Waals surface area contributed by atoms with Gasteiger partial charge in [0.15, 0.2) is 0 Å². The molecule has 0 saturated heterocycles. The summed E-state index contributed by atoms with van der Waals surface area (Å²) >= 11 is 0. The molecule has 0 unspecified atom stereocenters. The first-order valence-corrected chi connectivity index (χ1v) is 16.1. The van der Waals surface area contributed by atoms with Gasteiger partial charge in [0.25, 0.3) is 15.9 Å². The van der Waals surface area contributed by atoms with Crippen LogP contribution in [0.4, 0.5) is 19.1 Å². The van der Waals surface area contributed by atoms with Gasteiger partial charge in [0.1, 0.15) is 6.61 Å². The quantitative estimate of drug-likeness (QED) is 0.300. The summed E-state index contributed by atoms with van der Waals surface area (Å²) in [6.45, 7) is 5.99. The molecule has 1 saturated carbocycles. The number of anilines is 1.